The van der Waals surface area contributed by atoms with Crippen molar-refractivity contribution in [3.63, 3.8) is 0 Å². The molecule has 0 aromatic carbocycles. The summed E-state index contributed by atoms with van der Waals surface area (Å²) in [7, 11) is -4.29. The number of aromatic nitrogens is 4. The summed E-state index contributed by atoms with van der Waals surface area (Å²) in [5.74, 6) is 0. The first-order chi connectivity index (χ1) is 9.40. The molecule has 1 unspecified atom stereocenters. The normalized spacial score (nSPS) is 13.8. The second kappa shape index (κ2) is 5.81. The highest BCUT2D eigenvalue weighted by atomic mass is 31.2. The number of imidazole rings is 1. The molecule has 0 radical (unpaired) electrons. The lowest BCUT2D eigenvalue weighted by molar-refractivity contribution is 0.0201. The van der Waals surface area contributed by atoms with Crippen molar-refractivity contribution < 1.29 is 24.2 Å². The summed E-state index contributed by atoms with van der Waals surface area (Å²) >= 11 is 0. The zero-order valence-electron chi connectivity index (χ0n) is 10.3. The van der Waals surface area contributed by atoms with E-state index in [0.29, 0.717) is 11.2 Å². The van der Waals surface area contributed by atoms with Crippen LogP contribution in [0.3, 0.4) is 0 Å². The molecule has 0 saturated carbocycles. The lowest BCUT2D eigenvalue weighted by atomic mass is 10.3. The Morgan fingerprint density at radius 1 is 1.50 bits per heavy atom. The second-order valence-corrected chi connectivity index (χ2v) is 5.70. The number of nitrogens with zero attached hydrogens (tertiary/aromatic N) is 3. The maximum atomic E-state index is 10.7. The van der Waals surface area contributed by atoms with E-state index >= 15 is 0 Å². The van der Waals surface area contributed by atoms with Crippen LogP contribution in [-0.2, 0) is 15.8 Å². The predicted molar refractivity (Wildman–Crippen MR) is 66.6 cm³/mol. The van der Waals surface area contributed by atoms with Crippen molar-refractivity contribution in [3.05, 3.63) is 18.1 Å². The molecule has 0 amide bonds. The molecule has 0 spiro atoms. The van der Waals surface area contributed by atoms with Gasteiger partial charge in [-0.3, -0.25) is 9.97 Å². The average Bonchev–Trinajstić information content (AvgIpc) is 2.86. The third-order valence-corrected chi connectivity index (χ3v) is 3.02. The van der Waals surface area contributed by atoms with Gasteiger partial charge in [-0.15, -0.1) is 0 Å². The van der Waals surface area contributed by atoms with Crippen molar-refractivity contribution in [1.82, 2.24) is 19.5 Å². The zero-order valence-corrected chi connectivity index (χ0v) is 11.2. The smallest absolute Gasteiger partial charge is 0.350 e. The molecule has 0 saturated heterocycles. The molecule has 0 aliphatic rings. The first-order valence-electron chi connectivity index (χ1n) is 5.61. The summed E-state index contributed by atoms with van der Waals surface area (Å²) in [6.07, 6.45) is 1.18. The summed E-state index contributed by atoms with van der Waals surface area (Å²) < 4.78 is 17.2. The van der Waals surface area contributed by atoms with E-state index in [1.807, 2.05) is 0 Å². The third kappa shape index (κ3) is 3.50. The molecular weight excluding hydrogens is 289 g/mol. The van der Waals surface area contributed by atoms with Gasteiger partial charge in [-0.2, -0.15) is 0 Å². The highest BCUT2D eigenvalue weighted by Gasteiger charge is 2.18. The number of ether oxygens (including phenoxy) is 1. The van der Waals surface area contributed by atoms with Crippen molar-refractivity contribution in [2.45, 2.75) is 12.6 Å². The Hall–Kier alpha value is -1.58. The first-order valence-corrected chi connectivity index (χ1v) is 7.40. The van der Waals surface area contributed by atoms with Gasteiger partial charge in [0.1, 0.15) is 11.9 Å². The van der Waals surface area contributed by atoms with Gasteiger partial charge in [0.2, 0.25) is 0 Å². The van der Waals surface area contributed by atoms with Crippen LogP contribution >= 0.6 is 7.60 Å². The molecule has 110 valence electrons. The van der Waals surface area contributed by atoms with E-state index in [-0.39, 0.29) is 12.0 Å². The Balaban J connectivity index is 2.18. The Morgan fingerprint density at radius 2 is 2.25 bits per heavy atom. The Bertz CT molecular complexity index is 691. The summed E-state index contributed by atoms with van der Waals surface area (Å²) in [5.41, 5.74) is 0.910. The fourth-order valence-corrected chi connectivity index (χ4v) is 2.05. The van der Waals surface area contributed by atoms with Crippen LogP contribution in [0.5, 0.6) is 0 Å². The van der Waals surface area contributed by atoms with E-state index < -0.39 is 26.7 Å². The van der Waals surface area contributed by atoms with E-state index in [4.69, 9.17) is 19.9 Å². The number of aliphatic hydroxyl groups is 1. The van der Waals surface area contributed by atoms with Crippen molar-refractivity contribution in [2.75, 3.05) is 13.0 Å². The van der Waals surface area contributed by atoms with Crippen LogP contribution in [0, 0.1) is 5.41 Å². The lowest BCUT2D eigenvalue weighted by Crippen LogP contribution is -2.26. The largest absolute Gasteiger partial charge is 0.394 e. The molecule has 2 aromatic heterocycles. The van der Waals surface area contributed by atoms with Crippen LogP contribution in [0.4, 0.5) is 0 Å². The molecule has 20 heavy (non-hydrogen) atoms. The summed E-state index contributed by atoms with van der Waals surface area (Å²) in [4.78, 5) is 28.1. The fraction of sp³-hybridized carbons (Fsp3) is 0.444. The van der Waals surface area contributed by atoms with Gasteiger partial charge in [0.05, 0.1) is 31.9 Å². The van der Waals surface area contributed by atoms with Gasteiger partial charge >= 0.3 is 7.60 Å². The minimum atomic E-state index is -4.29. The molecule has 0 fully saturated rings. The minimum absolute atomic E-state index is 0.0328. The lowest BCUT2D eigenvalue weighted by Gasteiger charge is -2.17. The van der Waals surface area contributed by atoms with E-state index in [0.717, 1.165) is 0 Å². The molecule has 11 heteroatoms. The van der Waals surface area contributed by atoms with Crippen molar-refractivity contribution in [2.24, 2.45) is 0 Å². The average molecular weight is 303 g/mol. The molecule has 1 atom stereocenters. The van der Waals surface area contributed by atoms with E-state index in [1.165, 1.54) is 17.2 Å². The van der Waals surface area contributed by atoms with Crippen molar-refractivity contribution in [1.29, 1.82) is 5.41 Å². The number of rotatable bonds is 6. The van der Waals surface area contributed by atoms with Crippen LogP contribution in [0.1, 0.15) is 0 Å². The van der Waals surface area contributed by atoms with Crippen LogP contribution < -0.4 is 5.49 Å². The van der Waals surface area contributed by atoms with Crippen molar-refractivity contribution >= 4 is 18.8 Å². The molecule has 0 bridgehead atoms. The van der Waals surface area contributed by atoms with Crippen molar-refractivity contribution in [3.8, 4) is 0 Å². The molecular formula is C9H14N5O5P. The van der Waals surface area contributed by atoms with Crippen LogP contribution in [0.2, 0.25) is 0 Å². The number of aliphatic hydroxyl groups excluding tert-OH is 1. The number of hydrogen-bond acceptors (Lipinski definition) is 6. The van der Waals surface area contributed by atoms with E-state index in [2.05, 4.69) is 15.0 Å². The maximum absolute atomic E-state index is 10.7. The molecule has 2 aromatic rings. The maximum Gasteiger partial charge on any atom is 0.350 e. The van der Waals surface area contributed by atoms with Gasteiger partial charge in [-0.1, -0.05) is 0 Å². The van der Waals surface area contributed by atoms with E-state index in [1.54, 1.807) is 0 Å². The SMILES string of the molecule is N=c1ncn(CC(CO)OCP(=O)(O)O)c2nc[nH]c12. The topological polar surface area (TPSA) is 157 Å². The van der Waals surface area contributed by atoms with Crippen LogP contribution in [-0.4, -0.2) is 53.5 Å². The van der Waals surface area contributed by atoms with Gasteiger partial charge < -0.3 is 29.2 Å². The number of H-pyrrole nitrogens is 1. The van der Waals surface area contributed by atoms with Gasteiger partial charge in [0.15, 0.2) is 11.1 Å². The molecule has 0 aliphatic carbocycles. The second-order valence-electron chi connectivity index (χ2n) is 4.11. The first kappa shape index (κ1) is 14.8. The molecule has 0 aliphatic heterocycles. The summed E-state index contributed by atoms with van der Waals surface area (Å²) in [6, 6.07) is 0. The van der Waals surface area contributed by atoms with Gasteiger partial charge in [-0.25, -0.2) is 9.97 Å². The highest BCUT2D eigenvalue weighted by Crippen LogP contribution is 2.34. The Kier molecular flexibility index (Phi) is 4.31. The number of hydrogen-bond donors (Lipinski definition) is 5. The Labute approximate surface area is 112 Å². The molecule has 2 rings (SSSR count). The van der Waals surface area contributed by atoms with E-state index in [9.17, 15) is 9.67 Å². The van der Waals surface area contributed by atoms with Gasteiger partial charge in [-0.05, 0) is 0 Å². The van der Waals surface area contributed by atoms with Gasteiger partial charge in [0, 0.05) is 0 Å². The predicted octanol–water partition coefficient (Wildman–Crippen LogP) is -1.25. The van der Waals surface area contributed by atoms with Gasteiger partial charge in [0.25, 0.3) is 0 Å². The third-order valence-electron chi connectivity index (χ3n) is 2.54. The Morgan fingerprint density at radius 3 is 2.90 bits per heavy atom. The summed E-state index contributed by atoms with van der Waals surface area (Å²) in [6.45, 7) is -0.313. The molecule has 10 nitrogen and oxygen atoms in total. The highest BCUT2D eigenvalue weighted by molar-refractivity contribution is 7.51. The zero-order chi connectivity index (χ0) is 14.8. The number of fused-ring (bicyclic) bond motifs is 1. The standard InChI is InChI=1S/C9H14N5O5P/c10-8-7-9(12-3-11-7)14(4-13-8)1-6(2-15)19-5-20(16,17)18/h3-4,6,10,15H,1-2,5H2,(H,11,12)(H2,16,17,18). The molecule has 5 N–H and O–H groups in total. The summed E-state index contributed by atoms with van der Waals surface area (Å²) in [5, 5.41) is 16.8. The number of aromatic amines is 1. The monoisotopic (exact) mass is 303 g/mol. The van der Waals surface area contributed by atoms with Crippen LogP contribution in [0.15, 0.2) is 12.7 Å². The number of nitrogens with one attached hydrogen (secondary N) is 2. The molecule has 2 heterocycles. The fourth-order valence-electron chi connectivity index (χ4n) is 1.64. The van der Waals surface area contributed by atoms with Crippen LogP contribution in [0.25, 0.3) is 11.2 Å². The minimum Gasteiger partial charge on any atom is -0.394 e. The quantitative estimate of drug-likeness (QED) is 0.417.